The second-order valence-electron chi connectivity index (χ2n) is 5.15. The van der Waals surface area contributed by atoms with Crippen LogP contribution in [-0.2, 0) is 6.54 Å². The molecule has 0 saturated carbocycles. The summed E-state index contributed by atoms with van der Waals surface area (Å²) in [5, 5.41) is 0. The third-order valence-electron chi connectivity index (χ3n) is 3.02. The average molecular weight is 248 g/mol. The lowest BCUT2D eigenvalue weighted by atomic mass is 10.1. The Balaban J connectivity index is 2.12. The number of rotatable bonds is 5. The average Bonchev–Trinajstić information content (AvgIpc) is 2.67. The van der Waals surface area contributed by atoms with Crippen LogP contribution in [0.15, 0.2) is 11.1 Å². The van der Waals surface area contributed by atoms with E-state index in [-0.39, 0.29) is 5.56 Å². The van der Waals surface area contributed by atoms with E-state index in [4.69, 9.17) is 0 Å². The molecule has 5 heteroatoms. The van der Waals surface area contributed by atoms with Crippen LogP contribution in [0.25, 0.3) is 11.2 Å². The van der Waals surface area contributed by atoms with Gasteiger partial charge in [0.25, 0.3) is 5.56 Å². The third kappa shape index (κ3) is 2.78. The monoisotopic (exact) mass is 248 g/mol. The Kier molecular flexibility index (Phi) is 3.79. The minimum atomic E-state index is -0.154. The van der Waals surface area contributed by atoms with Gasteiger partial charge in [0.05, 0.1) is 6.33 Å². The second kappa shape index (κ2) is 5.33. The summed E-state index contributed by atoms with van der Waals surface area (Å²) in [5.41, 5.74) is 0.976. The molecule has 2 heterocycles. The van der Waals surface area contributed by atoms with Crippen molar-refractivity contribution >= 4 is 11.2 Å². The van der Waals surface area contributed by atoms with Gasteiger partial charge < -0.3 is 9.55 Å². The van der Waals surface area contributed by atoms with Crippen molar-refractivity contribution in [2.45, 2.75) is 46.6 Å². The lowest BCUT2D eigenvalue weighted by Crippen LogP contribution is -2.11. The van der Waals surface area contributed by atoms with Crippen LogP contribution in [0.4, 0.5) is 0 Å². The van der Waals surface area contributed by atoms with E-state index in [0.29, 0.717) is 17.0 Å². The Labute approximate surface area is 106 Å². The van der Waals surface area contributed by atoms with E-state index >= 15 is 0 Å². The quantitative estimate of drug-likeness (QED) is 0.825. The van der Waals surface area contributed by atoms with Gasteiger partial charge in [-0.05, 0) is 19.3 Å². The van der Waals surface area contributed by atoms with Crippen molar-refractivity contribution in [2.75, 3.05) is 0 Å². The first-order valence-electron chi connectivity index (χ1n) is 6.49. The molecule has 0 unspecified atom stereocenters. The molecule has 0 aromatic carbocycles. The molecule has 1 N–H and O–H groups in total. The molecule has 98 valence electrons. The van der Waals surface area contributed by atoms with Crippen molar-refractivity contribution in [3.05, 3.63) is 22.5 Å². The van der Waals surface area contributed by atoms with Crippen molar-refractivity contribution < 1.29 is 0 Å². The summed E-state index contributed by atoms with van der Waals surface area (Å²) in [6.45, 7) is 7.13. The van der Waals surface area contributed by atoms with Gasteiger partial charge in [0, 0.05) is 6.54 Å². The summed E-state index contributed by atoms with van der Waals surface area (Å²) in [5.74, 6) is 1.38. The zero-order valence-electron chi connectivity index (χ0n) is 11.2. The molecule has 0 aliphatic heterocycles. The summed E-state index contributed by atoms with van der Waals surface area (Å²) in [6.07, 6.45) is 5.23. The highest BCUT2D eigenvalue weighted by Gasteiger charge is 2.08. The van der Waals surface area contributed by atoms with E-state index in [1.54, 1.807) is 13.3 Å². The van der Waals surface area contributed by atoms with Crippen LogP contribution < -0.4 is 5.56 Å². The fourth-order valence-corrected chi connectivity index (χ4v) is 2.06. The van der Waals surface area contributed by atoms with Crippen LogP contribution in [0, 0.1) is 12.8 Å². The van der Waals surface area contributed by atoms with Gasteiger partial charge in [-0.15, -0.1) is 0 Å². The standard InChI is InChI=1S/C13H20N4O/c1-9(2)6-4-5-7-17-8-14-11-12(17)15-10(3)16-13(11)18/h8-9H,4-7H2,1-3H3,(H,15,16,18). The van der Waals surface area contributed by atoms with E-state index in [1.165, 1.54) is 12.8 Å². The number of aryl methyl sites for hydroxylation is 2. The molecule has 0 atom stereocenters. The smallest absolute Gasteiger partial charge is 0.279 e. The topological polar surface area (TPSA) is 63.6 Å². The van der Waals surface area contributed by atoms with Gasteiger partial charge in [-0.3, -0.25) is 4.79 Å². The first-order valence-corrected chi connectivity index (χ1v) is 6.49. The molecule has 0 spiro atoms. The SMILES string of the molecule is Cc1nc2c(ncn2CCCCC(C)C)c(=O)[nH]1. The Bertz CT molecular complexity index is 582. The number of hydrogen-bond acceptors (Lipinski definition) is 3. The van der Waals surface area contributed by atoms with Crippen LogP contribution in [0.3, 0.4) is 0 Å². The number of H-pyrrole nitrogens is 1. The number of nitrogens with one attached hydrogen (secondary N) is 1. The van der Waals surface area contributed by atoms with Crippen molar-refractivity contribution in [2.24, 2.45) is 5.92 Å². The molecular formula is C13H20N4O. The highest BCUT2D eigenvalue weighted by Crippen LogP contribution is 2.10. The van der Waals surface area contributed by atoms with Crippen molar-refractivity contribution in [1.82, 2.24) is 19.5 Å². The third-order valence-corrected chi connectivity index (χ3v) is 3.02. The molecule has 0 aliphatic carbocycles. The molecule has 2 aromatic rings. The van der Waals surface area contributed by atoms with E-state index in [0.717, 1.165) is 18.9 Å². The number of aromatic amines is 1. The summed E-state index contributed by atoms with van der Waals surface area (Å²) >= 11 is 0. The first-order chi connectivity index (χ1) is 8.58. The zero-order chi connectivity index (χ0) is 13.1. The van der Waals surface area contributed by atoms with Crippen LogP contribution in [0.2, 0.25) is 0 Å². The lowest BCUT2D eigenvalue weighted by molar-refractivity contribution is 0.511. The van der Waals surface area contributed by atoms with E-state index in [9.17, 15) is 4.79 Å². The fraction of sp³-hybridized carbons (Fsp3) is 0.615. The van der Waals surface area contributed by atoms with Gasteiger partial charge in [0.2, 0.25) is 0 Å². The molecule has 0 aliphatic rings. The fourth-order valence-electron chi connectivity index (χ4n) is 2.06. The largest absolute Gasteiger partial charge is 0.315 e. The van der Waals surface area contributed by atoms with Gasteiger partial charge in [-0.2, -0.15) is 0 Å². The number of imidazole rings is 1. The molecule has 2 rings (SSSR count). The van der Waals surface area contributed by atoms with Crippen LogP contribution in [-0.4, -0.2) is 19.5 Å². The maximum atomic E-state index is 11.7. The Hall–Kier alpha value is -1.65. The van der Waals surface area contributed by atoms with Crippen LogP contribution in [0.1, 0.15) is 38.9 Å². The highest BCUT2D eigenvalue weighted by atomic mass is 16.1. The molecular weight excluding hydrogens is 228 g/mol. The Morgan fingerprint density at radius 1 is 1.39 bits per heavy atom. The summed E-state index contributed by atoms with van der Waals surface area (Å²) < 4.78 is 1.97. The molecule has 0 bridgehead atoms. The highest BCUT2D eigenvalue weighted by molar-refractivity contribution is 5.69. The van der Waals surface area contributed by atoms with Gasteiger partial charge >= 0.3 is 0 Å². The van der Waals surface area contributed by atoms with E-state index in [1.807, 2.05) is 4.57 Å². The number of nitrogens with zero attached hydrogens (tertiary/aromatic N) is 3. The maximum Gasteiger partial charge on any atom is 0.279 e. The zero-order valence-corrected chi connectivity index (χ0v) is 11.2. The van der Waals surface area contributed by atoms with Crippen LogP contribution in [0.5, 0.6) is 0 Å². The molecule has 0 saturated heterocycles. The van der Waals surface area contributed by atoms with Crippen molar-refractivity contribution in [1.29, 1.82) is 0 Å². The molecule has 0 radical (unpaired) electrons. The van der Waals surface area contributed by atoms with Crippen molar-refractivity contribution in [3.8, 4) is 0 Å². The van der Waals surface area contributed by atoms with Crippen LogP contribution >= 0.6 is 0 Å². The van der Waals surface area contributed by atoms with Crippen molar-refractivity contribution in [3.63, 3.8) is 0 Å². The Morgan fingerprint density at radius 3 is 2.89 bits per heavy atom. The normalized spacial score (nSPS) is 11.6. The molecule has 5 nitrogen and oxygen atoms in total. The van der Waals surface area contributed by atoms with Gasteiger partial charge in [0.15, 0.2) is 11.2 Å². The van der Waals surface area contributed by atoms with Gasteiger partial charge in [-0.25, -0.2) is 9.97 Å². The summed E-state index contributed by atoms with van der Waals surface area (Å²) in [7, 11) is 0. The molecule has 0 amide bonds. The first kappa shape index (κ1) is 12.8. The maximum absolute atomic E-state index is 11.7. The number of hydrogen-bond donors (Lipinski definition) is 1. The number of unbranched alkanes of at least 4 members (excludes halogenated alkanes) is 1. The second-order valence-corrected chi connectivity index (χ2v) is 5.15. The minimum Gasteiger partial charge on any atom is -0.315 e. The van der Waals surface area contributed by atoms with Gasteiger partial charge in [0.1, 0.15) is 5.82 Å². The van der Waals surface area contributed by atoms with E-state index in [2.05, 4.69) is 28.8 Å². The lowest BCUT2D eigenvalue weighted by Gasteiger charge is -2.05. The molecule has 2 aromatic heterocycles. The minimum absolute atomic E-state index is 0.154. The van der Waals surface area contributed by atoms with Gasteiger partial charge in [-0.1, -0.05) is 26.7 Å². The van der Waals surface area contributed by atoms with E-state index < -0.39 is 0 Å². The predicted molar refractivity (Wildman–Crippen MR) is 71.6 cm³/mol. The summed E-state index contributed by atoms with van der Waals surface area (Å²) in [4.78, 5) is 22.8. The molecule has 18 heavy (non-hydrogen) atoms. The molecule has 0 fully saturated rings. The summed E-state index contributed by atoms with van der Waals surface area (Å²) in [6, 6.07) is 0. The predicted octanol–water partition coefficient (Wildman–Crippen LogP) is 2.25. The number of fused-ring (bicyclic) bond motifs is 1. The number of aromatic nitrogens is 4. The Morgan fingerprint density at radius 2 is 2.17 bits per heavy atom.